The number of hydrogen-bond acceptors (Lipinski definition) is 4. The molecule has 1 fully saturated rings. The van der Waals surface area contributed by atoms with Crippen LogP contribution in [-0.2, 0) is 4.74 Å². The van der Waals surface area contributed by atoms with E-state index in [1.54, 1.807) is 11.0 Å². The number of piperidine rings is 1. The van der Waals surface area contributed by atoms with Crippen molar-refractivity contribution in [1.82, 2.24) is 15.1 Å². The maximum Gasteiger partial charge on any atom is 0.272 e. The number of nitrogens with two attached hydrogens (primary N) is 1. The Morgan fingerprint density at radius 3 is 3.24 bits per heavy atom. The molecule has 1 amide bonds. The van der Waals surface area contributed by atoms with Crippen LogP contribution < -0.4 is 5.73 Å². The summed E-state index contributed by atoms with van der Waals surface area (Å²) in [6, 6.07) is 1.56. The Kier molecular flexibility index (Phi) is 3.63. The quantitative estimate of drug-likeness (QED) is 0.809. The van der Waals surface area contributed by atoms with Gasteiger partial charge in [-0.25, -0.2) is 0 Å². The van der Waals surface area contributed by atoms with Gasteiger partial charge in [0.1, 0.15) is 11.5 Å². The number of aromatic nitrogens is 2. The molecule has 6 heteroatoms. The van der Waals surface area contributed by atoms with Crippen LogP contribution in [0, 0.1) is 0 Å². The van der Waals surface area contributed by atoms with Crippen LogP contribution in [0.4, 0.5) is 5.82 Å². The molecule has 2 heterocycles. The molecule has 6 nitrogen and oxygen atoms in total. The maximum atomic E-state index is 12.1. The summed E-state index contributed by atoms with van der Waals surface area (Å²) in [4.78, 5) is 13.9. The highest BCUT2D eigenvalue weighted by molar-refractivity contribution is 5.93. The molecular weight excluding hydrogens is 220 g/mol. The highest BCUT2D eigenvalue weighted by Gasteiger charge is 2.25. The fourth-order valence-corrected chi connectivity index (χ4v) is 2.11. The minimum absolute atomic E-state index is 0.0568. The zero-order chi connectivity index (χ0) is 12.3. The number of nitrogen functional groups attached to an aromatic ring is 1. The third-order valence-electron chi connectivity index (χ3n) is 2.90. The van der Waals surface area contributed by atoms with Gasteiger partial charge in [-0.15, -0.1) is 0 Å². The van der Waals surface area contributed by atoms with Crippen molar-refractivity contribution < 1.29 is 9.53 Å². The second-order valence-corrected chi connectivity index (χ2v) is 4.18. The summed E-state index contributed by atoms with van der Waals surface area (Å²) >= 11 is 0. The minimum atomic E-state index is -0.0568. The molecule has 1 atom stereocenters. The number of nitrogens with one attached hydrogen (secondary N) is 1. The van der Waals surface area contributed by atoms with Crippen molar-refractivity contribution in [2.24, 2.45) is 0 Å². The van der Waals surface area contributed by atoms with Gasteiger partial charge in [-0.1, -0.05) is 0 Å². The van der Waals surface area contributed by atoms with Gasteiger partial charge in [0.25, 0.3) is 5.91 Å². The fourth-order valence-electron chi connectivity index (χ4n) is 2.11. The van der Waals surface area contributed by atoms with Crippen LogP contribution >= 0.6 is 0 Å². The Morgan fingerprint density at radius 1 is 1.76 bits per heavy atom. The number of carbonyl (C=O) groups excluding carboxylic acids is 1. The zero-order valence-corrected chi connectivity index (χ0v) is 9.98. The van der Waals surface area contributed by atoms with Crippen molar-refractivity contribution >= 4 is 11.7 Å². The van der Waals surface area contributed by atoms with Crippen LogP contribution in [0.25, 0.3) is 0 Å². The molecule has 0 saturated carbocycles. The van der Waals surface area contributed by atoms with Gasteiger partial charge >= 0.3 is 0 Å². The predicted molar refractivity (Wildman–Crippen MR) is 63.6 cm³/mol. The molecule has 0 spiro atoms. The Bertz CT molecular complexity index is 389. The lowest BCUT2D eigenvalue weighted by Gasteiger charge is -2.32. The topological polar surface area (TPSA) is 84.2 Å². The standard InChI is InChI=1S/C11H18N4O2/c1-2-17-8-4-3-5-15(7-8)11(16)9-6-10(12)14-13-9/h6,8H,2-5,7H2,1H3,(H3,12,13,14). The van der Waals surface area contributed by atoms with E-state index in [-0.39, 0.29) is 12.0 Å². The SMILES string of the molecule is CCOC1CCCN(C(=O)c2cc(N)n[nH]2)C1. The number of aromatic amines is 1. The number of carbonyl (C=O) groups is 1. The van der Waals surface area contributed by atoms with E-state index in [2.05, 4.69) is 10.2 Å². The molecule has 0 radical (unpaired) electrons. The van der Waals surface area contributed by atoms with Crippen molar-refractivity contribution in [2.75, 3.05) is 25.4 Å². The van der Waals surface area contributed by atoms with E-state index in [1.165, 1.54) is 0 Å². The van der Waals surface area contributed by atoms with Gasteiger partial charge in [0.05, 0.1) is 6.10 Å². The van der Waals surface area contributed by atoms with Crippen LogP contribution in [0.15, 0.2) is 6.07 Å². The van der Waals surface area contributed by atoms with Crippen LogP contribution in [0.1, 0.15) is 30.3 Å². The number of amides is 1. The third-order valence-corrected chi connectivity index (χ3v) is 2.90. The van der Waals surface area contributed by atoms with Gasteiger partial charge in [-0.05, 0) is 19.8 Å². The second kappa shape index (κ2) is 5.18. The molecule has 0 aromatic carbocycles. The number of nitrogens with zero attached hydrogens (tertiary/aromatic N) is 2. The first-order valence-electron chi connectivity index (χ1n) is 5.92. The van der Waals surface area contributed by atoms with E-state index in [0.29, 0.717) is 24.7 Å². The molecule has 1 aromatic heterocycles. The average molecular weight is 238 g/mol. The van der Waals surface area contributed by atoms with Crippen LogP contribution in [-0.4, -0.2) is 46.8 Å². The van der Waals surface area contributed by atoms with Gasteiger partial charge in [-0.2, -0.15) is 5.10 Å². The summed E-state index contributed by atoms with van der Waals surface area (Å²) in [7, 11) is 0. The summed E-state index contributed by atoms with van der Waals surface area (Å²) in [5.41, 5.74) is 5.93. The van der Waals surface area contributed by atoms with Crippen molar-refractivity contribution in [2.45, 2.75) is 25.9 Å². The molecule has 1 saturated heterocycles. The number of H-pyrrole nitrogens is 1. The lowest BCUT2D eigenvalue weighted by molar-refractivity contribution is 0.00703. The van der Waals surface area contributed by atoms with E-state index >= 15 is 0 Å². The first kappa shape index (κ1) is 11.9. The predicted octanol–water partition coefficient (Wildman–Crippen LogP) is 0.633. The van der Waals surface area contributed by atoms with Crippen molar-refractivity contribution in [1.29, 1.82) is 0 Å². The fraction of sp³-hybridized carbons (Fsp3) is 0.636. The van der Waals surface area contributed by atoms with Gasteiger partial charge in [0.2, 0.25) is 0 Å². The second-order valence-electron chi connectivity index (χ2n) is 4.18. The Hall–Kier alpha value is -1.56. The largest absolute Gasteiger partial charge is 0.382 e. The third kappa shape index (κ3) is 2.76. The number of anilines is 1. The van der Waals surface area contributed by atoms with E-state index in [0.717, 1.165) is 19.4 Å². The molecule has 1 unspecified atom stereocenters. The summed E-state index contributed by atoms with van der Waals surface area (Å²) in [6.45, 7) is 4.06. The first-order valence-corrected chi connectivity index (χ1v) is 5.92. The number of likely N-dealkylation sites (tertiary alicyclic amines) is 1. The smallest absolute Gasteiger partial charge is 0.272 e. The van der Waals surface area contributed by atoms with Crippen molar-refractivity contribution in [3.8, 4) is 0 Å². The summed E-state index contributed by atoms with van der Waals surface area (Å²) in [5.74, 6) is 0.283. The van der Waals surface area contributed by atoms with Crippen LogP contribution in [0.5, 0.6) is 0 Å². The molecule has 0 aliphatic carbocycles. The number of ether oxygens (including phenoxy) is 1. The van der Waals surface area contributed by atoms with E-state index in [1.807, 2.05) is 6.92 Å². The van der Waals surface area contributed by atoms with Gasteiger partial charge < -0.3 is 15.4 Å². The lowest BCUT2D eigenvalue weighted by Crippen LogP contribution is -2.43. The lowest BCUT2D eigenvalue weighted by atomic mass is 10.1. The van der Waals surface area contributed by atoms with Crippen LogP contribution in [0.2, 0.25) is 0 Å². The molecular formula is C11H18N4O2. The minimum Gasteiger partial charge on any atom is -0.382 e. The molecule has 2 rings (SSSR count). The summed E-state index contributed by atoms with van der Waals surface area (Å²) < 4.78 is 5.56. The van der Waals surface area contributed by atoms with Crippen molar-refractivity contribution in [3.05, 3.63) is 11.8 Å². The summed E-state index contributed by atoms with van der Waals surface area (Å²) in [5, 5.41) is 6.40. The zero-order valence-electron chi connectivity index (χ0n) is 9.98. The normalized spacial score (nSPS) is 20.5. The monoisotopic (exact) mass is 238 g/mol. The highest BCUT2D eigenvalue weighted by Crippen LogP contribution is 2.15. The van der Waals surface area contributed by atoms with E-state index in [9.17, 15) is 4.79 Å². The molecule has 1 aliphatic rings. The molecule has 0 bridgehead atoms. The Labute approximate surface area is 100 Å². The first-order chi connectivity index (χ1) is 8.20. The Balaban J connectivity index is 1.99. The highest BCUT2D eigenvalue weighted by atomic mass is 16.5. The number of hydrogen-bond donors (Lipinski definition) is 2. The van der Waals surface area contributed by atoms with Crippen molar-refractivity contribution in [3.63, 3.8) is 0 Å². The summed E-state index contributed by atoms with van der Waals surface area (Å²) in [6.07, 6.45) is 2.14. The average Bonchev–Trinajstić information content (AvgIpc) is 2.76. The van der Waals surface area contributed by atoms with E-state index in [4.69, 9.17) is 10.5 Å². The van der Waals surface area contributed by atoms with Gasteiger partial charge in [0.15, 0.2) is 0 Å². The molecule has 94 valence electrons. The molecule has 1 aromatic rings. The molecule has 3 N–H and O–H groups in total. The Morgan fingerprint density at radius 2 is 2.59 bits per heavy atom. The van der Waals surface area contributed by atoms with Gasteiger partial charge in [-0.3, -0.25) is 9.89 Å². The number of rotatable bonds is 3. The van der Waals surface area contributed by atoms with Gasteiger partial charge in [0, 0.05) is 25.8 Å². The molecule has 17 heavy (non-hydrogen) atoms. The van der Waals surface area contributed by atoms with Crippen LogP contribution in [0.3, 0.4) is 0 Å². The molecule has 1 aliphatic heterocycles. The van der Waals surface area contributed by atoms with E-state index < -0.39 is 0 Å². The maximum absolute atomic E-state index is 12.1.